The molecule has 0 spiro atoms. The molecular formula is C14H17N3O4S. The number of aryl methyl sites for hydroxylation is 1. The Labute approximate surface area is 128 Å². The highest BCUT2D eigenvalue weighted by atomic mass is 32.2. The van der Waals surface area contributed by atoms with Gasteiger partial charge in [-0.15, -0.1) is 0 Å². The number of oxazole rings is 1. The summed E-state index contributed by atoms with van der Waals surface area (Å²) in [5, 5.41) is 5.06. The van der Waals surface area contributed by atoms with Crippen LogP contribution in [0.3, 0.4) is 0 Å². The SMILES string of the molecule is CCc1nc2cc(N3CC(CS(N)(=O)=O)CC3=O)ccc2o1. The zero-order valence-corrected chi connectivity index (χ0v) is 13.0. The van der Waals surface area contributed by atoms with Crippen molar-refractivity contribution in [2.75, 3.05) is 17.2 Å². The number of fused-ring (bicyclic) bond motifs is 1. The predicted octanol–water partition coefficient (Wildman–Crippen LogP) is 1.03. The number of aromatic nitrogens is 1. The molecule has 0 aliphatic carbocycles. The Balaban J connectivity index is 1.86. The second-order valence-corrected chi connectivity index (χ2v) is 7.18. The quantitative estimate of drug-likeness (QED) is 0.904. The maximum atomic E-state index is 12.1. The molecule has 1 aliphatic heterocycles. The highest BCUT2D eigenvalue weighted by molar-refractivity contribution is 7.89. The third-order valence-corrected chi connectivity index (χ3v) is 4.64. The van der Waals surface area contributed by atoms with Crippen molar-refractivity contribution in [2.24, 2.45) is 11.1 Å². The lowest BCUT2D eigenvalue weighted by atomic mass is 10.1. The topological polar surface area (TPSA) is 107 Å². The van der Waals surface area contributed by atoms with Gasteiger partial charge in [0.2, 0.25) is 15.9 Å². The molecule has 2 heterocycles. The van der Waals surface area contributed by atoms with Crippen LogP contribution >= 0.6 is 0 Å². The predicted molar refractivity (Wildman–Crippen MR) is 81.8 cm³/mol. The molecule has 1 unspecified atom stereocenters. The summed E-state index contributed by atoms with van der Waals surface area (Å²) in [6, 6.07) is 5.34. The maximum Gasteiger partial charge on any atom is 0.227 e. The van der Waals surface area contributed by atoms with Gasteiger partial charge >= 0.3 is 0 Å². The van der Waals surface area contributed by atoms with Crippen LogP contribution < -0.4 is 10.0 Å². The number of benzene rings is 1. The van der Waals surface area contributed by atoms with E-state index in [-0.39, 0.29) is 24.0 Å². The van der Waals surface area contributed by atoms with Crippen molar-refractivity contribution in [3.8, 4) is 0 Å². The average Bonchev–Trinajstić information content (AvgIpc) is 2.98. The Hall–Kier alpha value is -1.93. The van der Waals surface area contributed by atoms with Crippen LogP contribution in [0.5, 0.6) is 0 Å². The summed E-state index contributed by atoms with van der Waals surface area (Å²) in [4.78, 5) is 18.0. The number of nitrogens with two attached hydrogens (primary N) is 1. The van der Waals surface area contributed by atoms with Gasteiger partial charge in [0.25, 0.3) is 0 Å². The zero-order valence-electron chi connectivity index (χ0n) is 12.2. The number of hydrogen-bond donors (Lipinski definition) is 1. The molecule has 0 saturated carbocycles. The van der Waals surface area contributed by atoms with Crippen LogP contribution in [0.2, 0.25) is 0 Å². The molecule has 1 fully saturated rings. The van der Waals surface area contributed by atoms with Crippen molar-refractivity contribution in [3.05, 3.63) is 24.1 Å². The highest BCUT2D eigenvalue weighted by Crippen LogP contribution is 2.28. The number of primary sulfonamides is 1. The molecule has 118 valence electrons. The van der Waals surface area contributed by atoms with Gasteiger partial charge < -0.3 is 9.32 Å². The number of hydrogen-bond acceptors (Lipinski definition) is 5. The highest BCUT2D eigenvalue weighted by Gasteiger charge is 2.33. The van der Waals surface area contributed by atoms with Crippen LogP contribution in [-0.2, 0) is 21.2 Å². The molecule has 1 aliphatic rings. The van der Waals surface area contributed by atoms with E-state index in [1.54, 1.807) is 23.1 Å². The van der Waals surface area contributed by atoms with E-state index in [0.717, 1.165) is 0 Å². The van der Waals surface area contributed by atoms with Gasteiger partial charge in [-0.1, -0.05) is 6.92 Å². The molecule has 3 rings (SSSR count). The van der Waals surface area contributed by atoms with Crippen molar-refractivity contribution in [2.45, 2.75) is 19.8 Å². The van der Waals surface area contributed by atoms with Crippen LogP contribution in [0.25, 0.3) is 11.1 Å². The van der Waals surface area contributed by atoms with Gasteiger partial charge in [-0.2, -0.15) is 0 Å². The summed E-state index contributed by atoms with van der Waals surface area (Å²) in [6.45, 7) is 2.30. The molecule has 0 bridgehead atoms. The fourth-order valence-electron chi connectivity index (χ4n) is 2.75. The average molecular weight is 323 g/mol. The third-order valence-electron chi connectivity index (χ3n) is 3.70. The van der Waals surface area contributed by atoms with Crippen LogP contribution in [0.1, 0.15) is 19.2 Å². The van der Waals surface area contributed by atoms with Gasteiger partial charge in [-0.25, -0.2) is 18.5 Å². The second kappa shape index (κ2) is 5.36. The minimum atomic E-state index is -3.58. The number of sulfonamides is 1. The van der Waals surface area contributed by atoms with E-state index in [1.165, 1.54) is 0 Å². The molecule has 1 amide bonds. The third kappa shape index (κ3) is 2.97. The summed E-state index contributed by atoms with van der Waals surface area (Å²) in [5.74, 6) is 0.0856. The summed E-state index contributed by atoms with van der Waals surface area (Å²) in [7, 11) is -3.58. The number of anilines is 1. The van der Waals surface area contributed by atoms with Crippen molar-refractivity contribution >= 4 is 32.7 Å². The molecule has 7 nitrogen and oxygen atoms in total. The normalized spacial score (nSPS) is 19.3. The van der Waals surface area contributed by atoms with Crippen LogP contribution in [0, 0.1) is 5.92 Å². The number of nitrogens with zero attached hydrogens (tertiary/aromatic N) is 2. The van der Waals surface area contributed by atoms with Crippen LogP contribution in [0.15, 0.2) is 22.6 Å². The summed E-state index contributed by atoms with van der Waals surface area (Å²) >= 11 is 0. The summed E-state index contributed by atoms with van der Waals surface area (Å²) in [5.41, 5.74) is 2.07. The number of amides is 1. The fourth-order valence-corrected chi connectivity index (χ4v) is 3.63. The van der Waals surface area contributed by atoms with Gasteiger partial charge in [0, 0.05) is 31.0 Å². The fraction of sp³-hybridized carbons (Fsp3) is 0.429. The van der Waals surface area contributed by atoms with Crippen LogP contribution in [-0.4, -0.2) is 31.6 Å². The van der Waals surface area contributed by atoms with E-state index >= 15 is 0 Å². The molecule has 1 aromatic heterocycles. The standard InChI is InChI=1S/C14H17N3O4S/c1-2-13-16-11-6-10(3-4-12(11)21-13)17-7-9(5-14(17)18)8-22(15,19)20/h3-4,6,9H,2,5,7-8H2,1H3,(H2,15,19,20). The summed E-state index contributed by atoms with van der Waals surface area (Å²) in [6.07, 6.45) is 0.886. The van der Waals surface area contributed by atoms with E-state index in [2.05, 4.69) is 4.98 Å². The lowest BCUT2D eigenvalue weighted by Gasteiger charge is -2.16. The first kappa shape index (κ1) is 15.0. The van der Waals surface area contributed by atoms with E-state index in [4.69, 9.17) is 9.56 Å². The Morgan fingerprint density at radius 3 is 2.91 bits per heavy atom. The lowest BCUT2D eigenvalue weighted by molar-refractivity contribution is -0.117. The van der Waals surface area contributed by atoms with E-state index < -0.39 is 10.0 Å². The molecule has 1 aromatic carbocycles. The largest absolute Gasteiger partial charge is 0.441 e. The van der Waals surface area contributed by atoms with Crippen molar-refractivity contribution < 1.29 is 17.6 Å². The number of carbonyl (C=O) groups excluding carboxylic acids is 1. The molecule has 1 saturated heterocycles. The molecule has 0 radical (unpaired) electrons. The Kier molecular flexibility index (Phi) is 3.65. The smallest absolute Gasteiger partial charge is 0.227 e. The van der Waals surface area contributed by atoms with Crippen LogP contribution in [0.4, 0.5) is 5.69 Å². The molecule has 1 atom stereocenters. The van der Waals surface area contributed by atoms with E-state index in [1.807, 2.05) is 6.92 Å². The first-order chi connectivity index (χ1) is 10.4. The van der Waals surface area contributed by atoms with E-state index in [9.17, 15) is 13.2 Å². The Morgan fingerprint density at radius 2 is 2.23 bits per heavy atom. The Bertz CT molecular complexity index is 828. The van der Waals surface area contributed by atoms with Gasteiger partial charge in [0.15, 0.2) is 11.5 Å². The molecule has 2 N–H and O–H groups in total. The van der Waals surface area contributed by atoms with Gasteiger partial charge in [-0.3, -0.25) is 4.79 Å². The van der Waals surface area contributed by atoms with Crippen molar-refractivity contribution in [1.29, 1.82) is 0 Å². The van der Waals surface area contributed by atoms with Gasteiger partial charge in [-0.05, 0) is 18.2 Å². The second-order valence-electron chi connectivity index (χ2n) is 5.52. The minimum Gasteiger partial charge on any atom is -0.441 e. The molecule has 2 aromatic rings. The molecule has 22 heavy (non-hydrogen) atoms. The lowest BCUT2D eigenvalue weighted by Crippen LogP contribution is -2.27. The van der Waals surface area contributed by atoms with Crippen molar-refractivity contribution in [3.63, 3.8) is 0 Å². The number of carbonyl (C=O) groups is 1. The van der Waals surface area contributed by atoms with Gasteiger partial charge in [0.1, 0.15) is 5.52 Å². The monoisotopic (exact) mass is 323 g/mol. The van der Waals surface area contributed by atoms with Crippen molar-refractivity contribution in [1.82, 2.24) is 4.98 Å². The maximum absolute atomic E-state index is 12.1. The first-order valence-electron chi connectivity index (χ1n) is 7.06. The molecule has 8 heteroatoms. The minimum absolute atomic E-state index is 0.104. The first-order valence-corrected chi connectivity index (χ1v) is 8.77. The van der Waals surface area contributed by atoms with E-state index in [0.29, 0.717) is 35.6 Å². The molecular weight excluding hydrogens is 306 g/mol. The summed E-state index contributed by atoms with van der Waals surface area (Å²) < 4.78 is 27.9. The zero-order chi connectivity index (χ0) is 15.9. The number of rotatable bonds is 4. The Morgan fingerprint density at radius 1 is 1.45 bits per heavy atom. The van der Waals surface area contributed by atoms with Gasteiger partial charge in [0.05, 0.1) is 5.75 Å².